The summed E-state index contributed by atoms with van der Waals surface area (Å²) in [6.45, 7) is 6.37. The van der Waals surface area contributed by atoms with Crippen LogP contribution in [0.1, 0.15) is 27.7 Å². The highest BCUT2D eigenvalue weighted by molar-refractivity contribution is 5.96. The number of anilines is 1. The van der Waals surface area contributed by atoms with E-state index >= 15 is 0 Å². The van der Waals surface area contributed by atoms with Gasteiger partial charge in [0.25, 0.3) is 5.91 Å². The number of methoxy groups -OCH3 is 1. The molecule has 0 aromatic heterocycles. The standard InChI is InChI=1S/C17H25N3O6/c1-10(19-16(23)26-17(2,3)4)15(22)20-11-6-7-12(24-5)13(8-11)25-9-14(18)21/h6-8,10H,9H2,1-5H3,(H2,18,21)(H,19,23)(H,20,22)/t10-/m1/s1. The minimum absolute atomic E-state index is 0.247. The number of nitrogens with two attached hydrogens (primary N) is 1. The molecule has 0 heterocycles. The first-order valence-corrected chi connectivity index (χ1v) is 7.91. The largest absolute Gasteiger partial charge is 0.493 e. The van der Waals surface area contributed by atoms with Crippen molar-refractivity contribution < 1.29 is 28.6 Å². The molecule has 1 rings (SSSR count). The Morgan fingerprint density at radius 3 is 2.38 bits per heavy atom. The Morgan fingerprint density at radius 1 is 1.19 bits per heavy atom. The van der Waals surface area contributed by atoms with Gasteiger partial charge in [0.1, 0.15) is 11.6 Å². The van der Waals surface area contributed by atoms with Crippen molar-refractivity contribution in [2.45, 2.75) is 39.3 Å². The van der Waals surface area contributed by atoms with Crippen LogP contribution < -0.4 is 25.8 Å². The molecule has 9 heteroatoms. The molecule has 0 unspecified atom stereocenters. The van der Waals surface area contributed by atoms with Crippen LogP contribution in [0.15, 0.2) is 18.2 Å². The highest BCUT2D eigenvalue weighted by Gasteiger charge is 2.21. The summed E-state index contributed by atoms with van der Waals surface area (Å²) in [5, 5.41) is 5.07. The van der Waals surface area contributed by atoms with Gasteiger partial charge in [0.15, 0.2) is 18.1 Å². The van der Waals surface area contributed by atoms with Gasteiger partial charge in [0, 0.05) is 11.8 Å². The van der Waals surface area contributed by atoms with E-state index < -0.39 is 29.6 Å². The first-order chi connectivity index (χ1) is 12.0. The highest BCUT2D eigenvalue weighted by Crippen LogP contribution is 2.30. The Bertz CT molecular complexity index is 669. The number of hydrogen-bond donors (Lipinski definition) is 3. The smallest absolute Gasteiger partial charge is 0.408 e. The minimum atomic E-state index is -0.832. The zero-order valence-electron chi connectivity index (χ0n) is 15.5. The average Bonchev–Trinajstić information content (AvgIpc) is 2.51. The Kier molecular flexibility index (Phi) is 7.24. The summed E-state index contributed by atoms with van der Waals surface area (Å²) in [4.78, 5) is 34.8. The van der Waals surface area contributed by atoms with E-state index in [1.54, 1.807) is 32.9 Å². The third-order valence-corrected chi connectivity index (χ3v) is 2.93. The van der Waals surface area contributed by atoms with E-state index in [0.29, 0.717) is 11.4 Å². The van der Waals surface area contributed by atoms with Crippen molar-refractivity contribution in [1.82, 2.24) is 5.32 Å². The summed E-state index contributed by atoms with van der Waals surface area (Å²) in [5.41, 5.74) is 4.79. The quantitative estimate of drug-likeness (QED) is 0.668. The summed E-state index contributed by atoms with van der Waals surface area (Å²) < 4.78 is 15.5. The molecule has 0 saturated heterocycles. The number of primary amides is 1. The van der Waals surface area contributed by atoms with E-state index in [2.05, 4.69) is 10.6 Å². The van der Waals surface area contributed by atoms with Crippen molar-refractivity contribution >= 4 is 23.6 Å². The molecular weight excluding hydrogens is 342 g/mol. The molecule has 1 aromatic rings. The number of alkyl carbamates (subject to hydrolysis) is 1. The fourth-order valence-corrected chi connectivity index (χ4v) is 1.82. The summed E-state index contributed by atoms with van der Waals surface area (Å²) in [7, 11) is 1.44. The van der Waals surface area contributed by atoms with Crippen LogP contribution in [0.5, 0.6) is 11.5 Å². The Morgan fingerprint density at radius 2 is 1.85 bits per heavy atom. The number of hydrogen-bond acceptors (Lipinski definition) is 6. The molecule has 0 bridgehead atoms. The monoisotopic (exact) mass is 367 g/mol. The second-order valence-corrected chi connectivity index (χ2v) is 6.48. The fraction of sp³-hybridized carbons (Fsp3) is 0.471. The lowest BCUT2D eigenvalue weighted by molar-refractivity contribution is -0.120. The molecule has 0 saturated carbocycles. The first-order valence-electron chi connectivity index (χ1n) is 7.91. The van der Waals surface area contributed by atoms with Gasteiger partial charge in [-0.3, -0.25) is 9.59 Å². The lowest BCUT2D eigenvalue weighted by Crippen LogP contribution is -2.43. The molecular formula is C17H25N3O6. The SMILES string of the molecule is COc1ccc(NC(=O)[C@@H](C)NC(=O)OC(C)(C)C)cc1OCC(N)=O. The first kappa shape index (κ1) is 21.1. The molecule has 0 aliphatic carbocycles. The van der Waals surface area contributed by atoms with Crippen molar-refractivity contribution in [3.63, 3.8) is 0 Å². The van der Waals surface area contributed by atoms with Crippen LogP contribution in [-0.4, -0.2) is 43.3 Å². The molecule has 0 aliphatic heterocycles. The predicted octanol–water partition coefficient (Wildman–Crippen LogP) is 1.41. The van der Waals surface area contributed by atoms with Crippen molar-refractivity contribution in [3.8, 4) is 11.5 Å². The molecule has 0 spiro atoms. The van der Waals surface area contributed by atoms with E-state index in [1.165, 1.54) is 20.1 Å². The molecule has 4 N–H and O–H groups in total. The number of carbonyl (C=O) groups excluding carboxylic acids is 3. The molecule has 1 aromatic carbocycles. The Hall–Kier alpha value is -2.97. The molecule has 0 fully saturated rings. The van der Waals surface area contributed by atoms with Crippen LogP contribution in [0.25, 0.3) is 0 Å². The van der Waals surface area contributed by atoms with Gasteiger partial charge in [-0.05, 0) is 39.8 Å². The Labute approximate surface area is 152 Å². The molecule has 1 atom stereocenters. The predicted molar refractivity (Wildman–Crippen MR) is 95.1 cm³/mol. The van der Waals surface area contributed by atoms with Gasteiger partial charge in [-0.1, -0.05) is 0 Å². The summed E-state index contributed by atoms with van der Waals surface area (Å²) >= 11 is 0. The third kappa shape index (κ3) is 7.29. The van der Waals surface area contributed by atoms with Crippen LogP contribution in [-0.2, 0) is 14.3 Å². The second kappa shape index (κ2) is 8.93. The lowest BCUT2D eigenvalue weighted by Gasteiger charge is -2.21. The summed E-state index contributed by atoms with van der Waals surface area (Å²) in [6, 6.07) is 3.81. The molecule has 26 heavy (non-hydrogen) atoms. The van der Waals surface area contributed by atoms with Crippen molar-refractivity contribution in [2.24, 2.45) is 5.73 Å². The highest BCUT2D eigenvalue weighted by atomic mass is 16.6. The number of carbonyl (C=O) groups is 3. The molecule has 0 radical (unpaired) electrons. The number of amides is 3. The van der Waals surface area contributed by atoms with Crippen molar-refractivity contribution in [3.05, 3.63) is 18.2 Å². The molecule has 144 valence electrons. The van der Waals surface area contributed by atoms with Crippen LogP contribution in [0.3, 0.4) is 0 Å². The molecule has 9 nitrogen and oxygen atoms in total. The maximum absolute atomic E-state index is 12.2. The number of benzene rings is 1. The summed E-state index contributed by atoms with van der Waals surface area (Å²) in [6.07, 6.45) is -0.694. The van der Waals surface area contributed by atoms with Crippen LogP contribution in [0.2, 0.25) is 0 Å². The van der Waals surface area contributed by atoms with E-state index in [1.807, 2.05) is 0 Å². The van der Waals surface area contributed by atoms with Gasteiger partial charge in [-0.2, -0.15) is 0 Å². The van der Waals surface area contributed by atoms with Gasteiger partial charge in [0.2, 0.25) is 5.91 Å². The maximum atomic E-state index is 12.2. The number of ether oxygens (including phenoxy) is 3. The lowest BCUT2D eigenvalue weighted by atomic mass is 10.2. The van der Waals surface area contributed by atoms with Gasteiger partial charge in [0.05, 0.1) is 7.11 Å². The average molecular weight is 367 g/mol. The third-order valence-electron chi connectivity index (χ3n) is 2.93. The molecule has 0 aliphatic rings. The number of nitrogens with one attached hydrogen (secondary N) is 2. The van der Waals surface area contributed by atoms with Crippen LogP contribution >= 0.6 is 0 Å². The van der Waals surface area contributed by atoms with Crippen LogP contribution in [0.4, 0.5) is 10.5 Å². The van der Waals surface area contributed by atoms with Gasteiger partial charge < -0.3 is 30.6 Å². The van der Waals surface area contributed by atoms with Crippen molar-refractivity contribution in [1.29, 1.82) is 0 Å². The van der Waals surface area contributed by atoms with E-state index in [0.717, 1.165) is 0 Å². The van der Waals surface area contributed by atoms with Crippen LogP contribution in [0, 0.1) is 0 Å². The Balaban J connectivity index is 2.74. The van der Waals surface area contributed by atoms with E-state index in [9.17, 15) is 14.4 Å². The molecule has 3 amide bonds. The summed E-state index contributed by atoms with van der Waals surface area (Å²) in [5.74, 6) is -0.473. The zero-order chi connectivity index (χ0) is 19.9. The topological polar surface area (TPSA) is 129 Å². The van der Waals surface area contributed by atoms with Gasteiger partial charge in [-0.25, -0.2) is 4.79 Å². The van der Waals surface area contributed by atoms with Gasteiger partial charge >= 0.3 is 6.09 Å². The van der Waals surface area contributed by atoms with E-state index in [-0.39, 0.29) is 12.4 Å². The fourth-order valence-electron chi connectivity index (χ4n) is 1.82. The normalized spacial score (nSPS) is 11.9. The minimum Gasteiger partial charge on any atom is -0.493 e. The van der Waals surface area contributed by atoms with Crippen molar-refractivity contribution in [2.75, 3.05) is 19.0 Å². The van der Waals surface area contributed by atoms with E-state index in [4.69, 9.17) is 19.9 Å². The van der Waals surface area contributed by atoms with Gasteiger partial charge in [-0.15, -0.1) is 0 Å². The maximum Gasteiger partial charge on any atom is 0.408 e. The number of rotatable bonds is 7. The second-order valence-electron chi connectivity index (χ2n) is 6.48. The zero-order valence-corrected chi connectivity index (χ0v) is 15.5.